The normalized spacial score (nSPS) is 12.3. The molecule has 0 bridgehead atoms. The molecule has 0 aromatic heterocycles. The first-order chi connectivity index (χ1) is 10.5. The highest BCUT2D eigenvalue weighted by Crippen LogP contribution is 2.27. The Morgan fingerprint density at radius 3 is 2.09 bits per heavy atom. The molecule has 3 rings (SSSR count). The van der Waals surface area contributed by atoms with Crippen LogP contribution in [0.1, 0.15) is 35.9 Å². The van der Waals surface area contributed by atoms with Crippen molar-refractivity contribution in [2.24, 2.45) is 0 Å². The Morgan fingerprint density at radius 1 is 0.864 bits per heavy atom. The van der Waals surface area contributed by atoms with Gasteiger partial charge in [0.15, 0.2) is 5.78 Å². The van der Waals surface area contributed by atoms with Gasteiger partial charge in [0.05, 0.1) is 6.10 Å². The van der Waals surface area contributed by atoms with Crippen molar-refractivity contribution >= 4 is 16.6 Å². The Hall–Kier alpha value is -2.45. The van der Waals surface area contributed by atoms with Crippen LogP contribution in [0.15, 0.2) is 60.7 Å². The minimum atomic E-state index is -0.455. The second kappa shape index (κ2) is 5.74. The monoisotopic (exact) mass is 290 g/mol. The number of aliphatic hydroxyl groups is 1. The summed E-state index contributed by atoms with van der Waals surface area (Å²) in [6, 6.07) is 19.9. The molecule has 2 nitrogen and oxygen atoms in total. The maximum Gasteiger partial charge on any atom is 0.159 e. The number of rotatable bonds is 3. The SMILES string of the molecule is CC(=O)c1ccc(-c2ccc3cc(C(C)O)ccc3c2)cc1. The third kappa shape index (κ3) is 2.78. The van der Waals surface area contributed by atoms with E-state index >= 15 is 0 Å². The van der Waals surface area contributed by atoms with Crippen LogP contribution in [0.25, 0.3) is 21.9 Å². The topological polar surface area (TPSA) is 37.3 Å². The number of carbonyl (C=O) groups is 1. The van der Waals surface area contributed by atoms with Gasteiger partial charge >= 0.3 is 0 Å². The molecule has 0 aliphatic carbocycles. The number of carbonyl (C=O) groups excluding carboxylic acids is 1. The standard InChI is InChI=1S/C20H18O2/c1-13(21)15-3-5-16(6-4-15)18-9-10-19-11-17(14(2)22)7-8-20(19)12-18/h3-12,14,22H,1-2H3. The molecule has 0 spiro atoms. The maximum atomic E-state index is 11.3. The molecule has 0 aliphatic heterocycles. The quantitative estimate of drug-likeness (QED) is 0.706. The first-order valence-corrected chi connectivity index (χ1v) is 7.38. The molecular weight excluding hydrogens is 272 g/mol. The Morgan fingerprint density at radius 2 is 1.45 bits per heavy atom. The van der Waals surface area contributed by atoms with Gasteiger partial charge in [0, 0.05) is 5.56 Å². The first kappa shape index (κ1) is 14.5. The third-order valence-electron chi connectivity index (χ3n) is 3.97. The van der Waals surface area contributed by atoms with Gasteiger partial charge in [-0.25, -0.2) is 0 Å². The van der Waals surface area contributed by atoms with Crippen molar-refractivity contribution in [1.29, 1.82) is 0 Å². The molecule has 1 N–H and O–H groups in total. The maximum absolute atomic E-state index is 11.3. The van der Waals surface area contributed by atoms with Gasteiger partial charge in [0.25, 0.3) is 0 Å². The Balaban J connectivity index is 2.01. The second-order valence-electron chi connectivity index (χ2n) is 5.63. The molecule has 2 heteroatoms. The molecule has 0 aliphatic rings. The molecule has 3 aromatic carbocycles. The van der Waals surface area contributed by atoms with Crippen LogP contribution in [0.3, 0.4) is 0 Å². The summed E-state index contributed by atoms with van der Waals surface area (Å²) in [5, 5.41) is 11.9. The summed E-state index contributed by atoms with van der Waals surface area (Å²) < 4.78 is 0. The molecule has 0 heterocycles. The third-order valence-corrected chi connectivity index (χ3v) is 3.97. The average Bonchev–Trinajstić information content (AvgIpc) is 2.54. The van der Waals surface area contributed by atoms with Crippen molar-refractivity contribution in [3.8, 4) is 11.1 Å². The van der Waals surface area contributed by atoms with E-state index in [0.29, 0.717) is 0 Å². The highest BCUT2D eigenvalue weighted by Gasteiger charge is 2.05. The summed E-state index contributed by atoms with van der Waals surface area (Å²) in [4.78, 5) is 11.3. The number of benzene rings is 3. The zero-order chi connectivity index (χ0) is 15.7. The van der Waals surface area contributed by atoms with Crippen LogP contribution < -0.4 is 0 Å². The Bertz CT molecular complexity index is 830. The lowest BCUT2D eigenvalue weighted by Gasteiger charge is -2.08. The number of aliphatic hydroxyl groups excluding tert-OH is 1. The fourth-order valence-corrected chi connectivity index (χ4v) is 2.60. The summed E-state index contributed by atoms with van der Waals surface area (Å²) in [5.41, 5.74) is 3.86. The van der Waals surface area contributed by atoms with Crippen LogP contribution in [0, 0.1) is 0 Å². The van der Waals surface area contributed by atoms with Crippen LogP contribution >= 0.6 is 0 Å². The smallest absolute Gasteiger partial charge is 0.159 e. The summed E-state index contributed by atoms with van der Waals surface area (Å²) in [6.07, 6.45) is -0.455. The molecule has 0 amide bonds. The minimum Gasteiger partial charge on any atom is -0.389 e. The van der Waals surface area contributed by atoms with Gasteiger partial charge in [-0.05, 0) is 53.4 Å². The van der Waals surface area contributed by atoms with E-state index in [0.717, 1.165) is 33.0 Å². The number of fused-ring (bicyclic) bond motifs is 1. The van der Waals surface area contributed by atoms with Gasteiger partial charge in [0.2, 0.25) is 0 Å². The van der Waals surface area contributed by atoms with Crippen molar-refractivity contribution in [2.75, 3.05) is 0 Å². The lowest BCUT2D eigenvalue weighted by Crippen LogP contribution is -1.91. The van der Waals surface area contributed by atoms with Gasteiger partial charge < -0.3 is 5.11 Å². The van der Waals surface area contributed by atoms with Crippen molar-refractivity contribution in [1.82, 2.24) is 0 Å². The molecule has 0 saturated carbocycles. The van der Waals surface area contributed by atoms with Crippen molar-refractivity contribution in [3.63, 3.8) is 0 Å². The number of hydrogen-bond donors (Lipinski definition) is 1. The number of ketones is 1. The summed E-state index contributed by atoms with van der Waals surface area (Å²) in [7, 11) is 0. The molecule has 110 valence electrons. The van der Waals surface area contributed by atoms with E-state index in [-0.39, 0.29) is 5.78 Å². The molecule has 1 unspecified atom stereocenters. The zero-order valence-electron chi connectivity index (χ0n) is 12.7. The lowest BCUT2D eigenvalue weighted by atomic mass is 9.98. The van der Waals surface area contributed by atoms with Crippen LogP contribution in [-0.2, 0) is 0 Å². The molecular formula is C20H18O2. The summed E-state index contributed by atoms with van der Waals surface area (Å²) in [6.45, 7) is 3.34. The predicted molar refractivity (Wildman–Crippen MR) is 90.0 cm³/mol. The van der Waals surface area contributed by atoms with Gasteiger partial charge in [-0.15, -0.1) is 0 Å². The second-order valence-corrected chi connectivity index (χ2v) is 5.63. The Labute approximate surface area is 130 Å². The molecule has 0 fully saturated rings. The highest BCUT2D eigenvalue weighted by atomic mass is 16.3. The van der Waals surface area contributed by atoms with Gasteiger partial charge in [-0.2, -0.15) is 0 Å². The van der Waals surface area contributed by atoms with Crippen LogP contribution in [-0.4, -0.2) is 10.9 Å². The van der Waals surface area contributed by atoms with E-state index in [1.807, 2.05) is 42.5 Å². The van der Waals surface area contributed by atoms with Crippen molar-refractivity contribution < 1.29 is 9.90 Å². The molecule has 0 radical (unpaired) electrons. The van der Waals surface area contributed by atoms with Crippen LogP contribution in [0.4, 0.5) is 0 Å². The van der Waals surface area contributed by atoms with Crippen LogP contribution in [0.2, 0.25) is 0 Å². The lowest BCUT2D eigenvalue weighted by molar-refractivity contribution is 0.101. The van der Waals surface area contributed by atoms with E-state index in [9.17, 15) is 9.90 Å². The van der Waals surface area contributed by atoms with Crippen LogP contribution in [0.5, 0.6) is 0 Å². The van der Waals surface area contributed by atoms with Crippen molar-refractivity contribution in [2.45, 2.75) is 20.0 Å². The number of hydrogen-bond acceptors (Lipinski definition) is 2. The fourth-order valence-electron chi connectivity index (χ4n) is 2.60. The predicted octanol–water partition coefficient (Wildman–Crippen LogP) is 4.76. The molecule has 22 heavy (non-hydrogen) atoms. The molecule has 1 atom stereocenters. The molecule has 3 aromatic rings. The van der Waals surface area contributed by atoms with Gasteiger partial charge in [-0.1, -0.05) is 48.5 Å². The van der Waals surface area contributed by atoms with Gasteiger partial charge in [0.1, 0.15) is 0 Å². The highest BCUT2D eigenvalue weighted by molar-refractivity contribution is 5.95. The number of Topliss-reactive ketones (excluding diaryl/α,β-unsaturated/α-hetero) is 1. The Kier molecular flexibility index (Phi) is 3.78. The first-order valence-electron chi connectivity index (χ1n) is 7.38. The van der Waals surface area contributed by atoms with E-state index in [1.165, 1.54) is 0 Å². The minimum absolute atomic E-state index is 0.0794. The average molecular weight is 290 g/mol. The summed E-state index contributed by atoms with van der Waals surface area (Å²) in [5.74, 6) is 0.0794. The van der Waals surface area contributed by atoms with E-state index in [1.54, 1.807) is 13.8 Å². The van der Waals surface area contributed by atoms with Crippen molar-refractivity contribution in [3.05, 3.63) is 71.8 Å². The summed E-state index contributed by atoms with van der Waals surface area (Å²) >= 11 is 0. The van der Waals surface area contributed by atoms with Gasteiger partial charge in [-0.3, -0.25) is 4.79 Å². The van der Waals surface area contributed by atoms with E-state index in [2.05, 4.69) is 18.2 Å². The fraction of sp³-hybridized carbons (Fsp3) is 0.150. The van der Waals surface area contributed by atoms with E-state index < -0.39 is 6.10 Å². The van der Waals surface area contributed by atoms with E-state index in [4.69, 9.17) is 0 Å². The molecule has 0 saturated heterocycles. The zero-order valence-corrected chi connectivity index (χ0v) is 12.7. The largest absolute Gasteiger partial charge is 0.389 e.